The Labute approximate surface area is 274 Å². The first kappa shape index (κ1) is 34.4. The van der Waals surface area contributed by atoms with Crippen LogP contribution in [-0.4, -0.2) is 36.4 Å². The normalized spacial score (nSPS) is 12.4. The van der Waals surface area contributed by atoms with Gasteiger partial charge >= 0.3 is 12.4 Å². The summed E-state index contributed by atoms with van der Waals surface area (Å²) in [5.74, 6) is -0.566. The summed E-state index contributed by atoms with van der Waals surface area (Å²) in [6.07, 6.45) is -8.83. The third-order valence-electron chi connectivity index (χ3n) is 7.25. The van der Waals surface area contributed by atoms with Gasteiger partial charge in [-0.25, -0.2) is 0 Å². The van der Waals surface area contributed by atoms with E-state index >= 15 is 0 Å². The van der Waals surface area contributed by atoms with Crippen LogP contribution in [0, 0.1) is 0 Å². The van der Waals surface area contributed by atoms with Crippen LogP contribution in [0.3, 0.4) is 0 Å². The zero-order chi connectivity index (χ0) is 33.9. The second-order valence-electron chi connectivity index (χ2n) is 10.5. The number of hydrogen-bond donors (Lipinski definition) is 4. The van der Waals surface area contributed by atoms with Gasteiger partial charge in [0.15, 0.2) is 0 Å². The number of amides is 2. The van der Waals surface area contributed by atoms with Gasteiger partial charge in [-0.15, -0.1) is 23.5 Å². The monoisotopic (exact) mass is 690 g/mol. The van der Waals surface area contributed by atoms with Gasteiger partial charge in [-0.2, -0.15) is 26.3 Å². The first-order chi connectivity index (χ1) is 22.3. The van der Waals surface area contributed by atoms with Gasteiger partial charge in [-0.05, 0) is 89.3 Å². The van der Waals surface area contributed by atoms with Crippen molar-refractivity contribution >= 4 is 46.7 Å². The van der Waals surface area contributed by atoms with Crippen LogP contribution in [0.15, 0.2) is 82.6 Å². The lowest BCUT2D eigenvalue weighted by molar-refractivity contribution is -0.138. The summed E-state index contributed by atoms with van der Waals surface area (Å²) >= 11 is 2.37. The molecule has 47 heavy (non-hydrogen) atoms. The molecule has 0 spiro atoms. The highest BCUT2D eigenvalue weighted by Crippen LogP contribution is 2.40. The smallest absolute Gasteiger partial charge is 0.330 e. The fraction of sp³-hybridized carbons (Fsp3) is 0.212. The van der Waals surface area contributed by atoms with Crippen LogP contribution >= 0.6 is 23.5 Å². The summed E-state index contributed by atoms with van der Waals surface area (Å²) in [5, 5.41) is 5.41. The third-order valence-corrected chi connectivity index (χ3v) is 9.46. The molecule has 1 aliphatic rings. The Balaban J connectivity index is 1.34. The molecule has 5 rings (SSSR count). The molecule has 6 N–H and O–H groups in total. The maximum atomic E-state index is 13.4. The lowest BCUT2D eigenvalue weighted by Gasteiger charge is -2.14. The van der Waals surface area contributed by atoms with E-state index in [0.717, 1.165) is 46.5 Å². The fourth-order valence-corrected chi connectivity index (χ4v) is 6.74. The van der Waals surface area contributed by atoms with E-state index in [1.807, 2.05) is 0 Å². The molecule has 0 saturated carbocycles. The van der Waals surface area contributed by atoms with Crippen molar-refractivity contribution in [3.63, 3.8) is 0 Å². The van der Waals surface area contributed by atoms with Crippen molar-refractivity contribution in [3.8, 4) is 11.1 Å². The summed E-state index contributed by atoms with van der Waals surface area (Å²) < 4.78 is 80.4. The second kappa shape index (κ2) is 14.0. The SMILES string of the molecule is NCCSc1ccc(C(F)(F)F)cc1C(=O)Nc1ccc2c(c1)Cc1cc(NC(=O)c3cc(C(F)(F)F)ccc3SCCN)ccc1-2. The van der Waals surface area contributed by atoms with Crippen LogP contribution in [0.25, 0.3) is 11.1 Å². The molecule has 0 aromatic heterocycles. The summed E-state index contributed by atoms with van der Waals surface area (Å²) in [6, 6.07) is 16.4. The number of benzene rings is 4. The summed E-state index contributed by atoms with van der Waals surface area (Å²) in [4.78, 5) is 27.1. The summed E-state index contributed by atoms with van der Waals surface area (Å²) in [5.41, 5.74) is 13.2. The molecule has 6 nitrogen and oxygen atoms in total. The first-order valence-electron chi connectivity index (χ1n) is 14.3. The predicted molar refractivity (Wildman–Crippen MR) is 173 cm³/mol. The van der Waals surface area contributed by atoms with Crippen molar-refractivity contribution in [2.75, 3.05) is 35.2 Å². The second-order valence-corrected chi connectivity index (χ2v) is 12.8. The summed E-state index contributed by atoms with van der Waals surface area (Å²) in [6.45, 7) is 0.563. The van der Waals surface area contributed by atoms with Gasteiger partial charge in [-0.3, -0.25) is 9.59 Å². The maximum absolute atomic E-state index is 13.4. The zero-order valence-corrected chi connectivity index (χ0v) is 26.2. The van der Waals surface area contributed by atoms with Gasteiger partial charge in [0.2, 0.25) is 0 Å². The molecule has 246 valence electrons. The Kier molecular flexibility index (Phi) is 10.2. The molecular weight excluding hydrogens is 663 g/mol. The highest BCUT2D eigenvalue weighted by molar-refractivity contribution is 7.99. The standard InChI is InChI=1S/C33H28F6N4O2S2/c34-32(35,36)20-1-7-28(46-11-9-40)26(16-20)30(44)42-22-3-5-24-18(14-22)13-19-15-23(4-6-25(19)24)43-31(45)27-17-21(33(37,38)39)2-8-29(27)47-12-10-41/h1-8,14-17H,9-13,40-41H2,(H,42,44)(H,43,45). The number of carbonyl (C=O) groups excluding carboxylic acids is 2. The largest absolute Gasteiger partial charge is 0.416 e. The Morgan fingerprint density at radius 3 is 1.38 bits per heavy atom. The molecule has 0 heterocycles. The molecule has 0 unspecified atom stereocenters. The maximum Gasteiger partial charge on any atom is 0.416 e. The highest BCUT2D eigenvalue weighted by Gasteiger charge is 2.33. The molecule has 0 radical (unpaired) electrons. The Hall–Kier alpha value is -3.98. The highest BCUT2D eigenvalue weighted by atomic mass is 32.2. The molecule has 4 aromatic carbocycles. The van der Waals surface area contributed by atoms with E-state index in [1.54, 1.807) is 36.4 Å². The molecule has 0 saturated heterocycles. The Bertz CT molecular complexity index is 1700. The minimum Gasteiger partial charge on any atom is -0.330 e. The average Bonchev–Trinajstić information content (AvgIpc) is 3.38. The summed E-state index contributed by atoms with van der Waals surface area (Å²) in [7, 11) is 0. The molecule has 14 heteroatoms. The number of hydrogen-bond acceptors (Lipinski definition) is 6. The molecule has 0 fully saturated rings. The van der Waals surface area contributed by atoms with Crippen LogP contribution in [-0.2, 0) is 18.8 Å². The molecule has 0 atom stereocenters. The van der Waals surface area contributed by atoms with E-state index in [1.165, 1.54) is 35.7 Å². The van der Waals surface area contributed by atoms with Gasteiger partial charge in [0.1, 0.15) is 0 Å². The lowest BCUT2D eigenvalue weighted by Crippen LogP contribution is -2.16. The van der Waals surface area contributed by atoms with Crippen LogP contribution in [0.4, 0.5) is 37.7 Å². The molecule has 0 bridgehead atoms. The third kappa shape index (κ3) is 7.95. The van der Waals surface area contributed by atoms with Crippen LogP contribution in [0.5, 0.6) is 0 Å². The number of alkyl halides is 6. The van der Waals surface area contributed by atoms with Crippen LogP contribution in [0.2, 0.25) is 0 Å². The van der Waals surface area contributed by atoms with Crippen molar-refractivity contribution in [2.24, 2.45) is 11.5 Å². The number of rotatable bonds is 10. The van der Waals surface area contributed by atoms with Crippen molar-refractivity contribution < 1.29 is 35.9 Å². The van der Waals surface area contributed by atoms with Crippen LogP contribution in [0.1, 0.15) is 43.0 Å². The number of carbonyl (C=O) groups is 2. The van der Waals surface area contributed by atoms with E-state index in [4.69, 9.17) is 11.5 Å². The van der Waals surface area contributed by atoms with Gasteiger partial charge in [0, 0.05) is 45.8 Å². The van der Waals surface area contributed by atoms with Crippen molar-refractivity contribution in [1.82, 2.24) is 0 Å². The first-order valence-corrected chi connectivity index (χ1v) is 16.2. The van der Waals surface area contributed by atoms with E-state index < -0.39 is 35.3 Å². The molecule has 1 aliphatic carbocycles. The van der Waals surface area contributed by atoms with Gasteiger partial charge in [0.25, 0.3) is 11.8 Å². The minimum atomic E-state index is -4.62. The van der Waals surface area contributed by atoms with E-state index in [2.05, 4.69) is 10.6 Å². The van der Waals surface area contributed by atoms with Crippen LogP contribution < -0.4 is 22.1 Å². The Morgan fingerprint density at radius 2 is 1.02 bits per heavy atom. The number of nitrogens with one attached hydrogen (secondary N) is 2. The molecule has 2 amide bonds. The van der Waals surface area contributed by atoms with Gasteiger partial charge in [0.05, 0.1) is 22.3 Å². The quantitative estimate of drug-likeness (QED) is 0.0877. The lowest BCUT2D eigenvalue weighted by atomic mass is 10.0. The van der Waals surface area contributed by atoms with E-state index in [-0.39, 0.29) is 24.2 Å². The van der Waals surface area contributed by atoms with Gasteiger partial charge in [-0.1, -0.05) is 12.1 Å². The van der Waals surface area contributed by atoms with Gasteiger partial charge < -0.3 is 22.1 Å². The van der Waals surface area contributed by atoms with Crippen molar-refractivity contribution in [3.05, 3.63) is 106 Å². The predicted octanol–water partition coefficient (Wildman–Crippen LogP) is 7.90. The number of halogens is 6. The molecule has 0 aliphatic heterocycles. The number of nitrogens with two attached hydrogens (primary N) is 2. The fourth-order valence-electron chi connectivity index (χ4n) is 5.12. The van der Waals surface area contributed by atoms with Crippen molar-refractivity contribution in [2.45, 2.75) is 28.6 Å². The number of anilines is 2. The molecule has 4 aromatic rings. The van der Waals surface area contributed by atoms with Crippen molar-refractivity contribution in [1.29, 1.82) is 0 Å². The minimum absolute atomic E-state index is 0.118. The number of thioether (sulfide) groups is 2. The number of fused-ring (bicyclic) bond motifs is 3. The zero-order valence-electron chi connectivity index (χ0n) is 24.5. The molecular formula is C33H28F6N4O2S2. The average molecular weight is 691 g/mol. The Morgan fingerprint density at radius 1 is 0.617 bits per heavy atom. The van der Waals surface area contributed by atoms with E-state index in [9.17, 15) is 35.9 Å². The topological polar surface area (TPSA) is 110 Å². The van der Waals surface area contributed by atoms with E-state index in [0.29, 0.717) is 39.1 Å².